The highest BCUT2D eigenvalue weighted by Crippen LogP contribution is 2.54. The SMILES string of the molecule is COc1ccc(C2(C)CC(=O)OC2(C#N)c2cc(OC)c(OC)c(OC)c2)cc1. The van der Waals surface area contributed by atoms with Gasteiger partial charge in [0, 0.05) is 5.56 Å². The molecule has 2 aromatic rings. The Hall–Kier alpha value is -3.40. The number of nitrogens with zero attached hydrogens (tertiary/aromatic N) is 1. The summed E-state index contributed by atoms with van der Waals surface area (Å²) in [6, 6.07) is 12.8. The van der Waals surface area contributed by atoms with Crippen molar-refractivity contribution in [2.45, 2.75) is 24.4 Å². The number of carbonyl (C=O) groups is 1. The van der Waals surface area contributed by atoms with Gasteiger partial charge in [0.15, 0.2) is 11.5 Å². The van der Waals surface area contributed by atoms with Crippen LogP contribution in [0.5, 0.6) is 23.0 Å². The summed E-state index contributed by atoms with van der Waals surface area (Å²) >= 11 is 0. The Bertz CT molecular complexity index is 939. The summed E-state index contributed by atoms with van der Waals surface area (Å²) in [5, 5.41) is 10.3. The molecule has 1 fully saturated rings. The molecule has 0 aromatic heterocycles. The topological polar surface area (TPSA) is 87.0 Å². The van der Waals surface area contributed by atoms with Gasteiger partial charge in [-0.05, 0) is 36.8 Å². The Balaban J connectivity index is 2.25. The maximum Gasteiger partial charge on any atom is 0.308 e. The third-order valence-electron chi connectivity index (χ3n) is 5.50. The minimum absolute atomic E-state index is 0.0452. The number of cyclic esters (lactones) is 1. The van der Waals surface area contributed by atoms with Gasteiger partial charge in [0.25, 0.3) is 0 Å². The van der Waals surface area contributed by atoms with Crippen LogP contribution in [0.25, 0.3) is 0 Å². The molecule has 29 heavy (non-hydrogen) atoms. The lowest BCUT2D eigenvalue weighted by Crippen LogP contribution is -2.43. The maximum atomic E-state index is 12.4. The second-order valence-corrected chi connectivity index (χ2v) is 6.92. The Labute approximate surface area is 169 Å². The van der Waals surface area contributed by atoms with Crippen LogP contribution < -0.4 is 18.9 Å². The van der Waals surface area contributed by atoms with Crippen molar-refractivity contribution < 1.29 is 28.5 Å². The fourth-order valence-electron chi connectivity index (χ4n) is 3.87. The summed E-state index contributed by atoms with van der Waals surface area (Å²) in [7, 11) is 6.05. The predicted molar refractivity (Wildman–Crippen MR) is 104 cm³/mol. The molecule has 0 aliphatic carbocycles. The molecule has 1 aliphatic rings. The fraction of sp³-hybridized carbons (Fsp3) is 0.364. The first-order valence-electron chi connectivity index (χ1n) is 8.97. The van der Waals surface area contributed by atoms with Gasteiger partial charge in [-0.3, -0.25) is 4.79 Å². The monoisotopic (exact) mass is 397 g/mol. The molecule has 152 valence electrons. The zero-order valence-electron chi connectivity index (χ0n) is 17.1. The first-order valence-corrected chi connectivity index (χ1v) is 8.97. The molecule has 2 aromatic carbocycles. The highest BCUT2D eigenvalue weighted by molar-refractivity contribution is 5.78. The molecule has 7 heteroatoms. The standard InChI is InChI=1S/C22H23NO6/c1-21(14-6-8-16(25-2)9-7-14)12-19(24)29-22(21,13-23)15-10-17(26-3)20(28-5)18(11-15)27-4/h6-11H,12H2,1-5H3. The molecule has 3 rings (SSSR count). The highest BCUT2D eigenvalue weighted by Gasteiger charge is 2.61. The number of hydrogen-bond acceptors (Lipinski definition) is 7. The molecule has 1 heterocycles. The number of methoxy groups -OCH3 is 4. The van der Waals surface area contributed by atoms with Gasteiger partial charge < -0.3 is 23.7 Å². The van der Waals surface area contributed by atoms with E-state index in [2.05, 4.69) is 6.07 Å². The van der Waals surface area contributed by atoms with Crippen molar-refractivity contribution in [2.75, 3.05) is 28.4 Å². The van der Waals surface area contributed by atoms with Crippen molar-refractivity contribution in [1.82, 2.24) is 0 Å². The molecule has 0 saturated carbocycles. The van der Waals surface area contributed by atoms with E-state index in [0.717, 1.165) is 5.56 Å². The van der Waals surface area contributed by atoms with E-state index >= 15 is 0 Å². The molecule has 1 saturated heterocycles. The van der Waals surface area contributed by atoms with Crippen molar-refractivity contribution in [1.29, 1.82) is 5.26 Å². The van der Waals surface area contributed by atoms with Gasteiger partial charge in [-0.2, -0.15) is 5.26 Å². The van der Waals surface area contributed by atoms with Crippen LogP contribution in [0.1, 0.15) is 24.5 Å². The molecular weight excluding hydrogens is 374 g/mol. The molecule has 0 bridgehead atoms. The van der Waals surface area contributed by atoms with Crippen molar-refractivity contribution in [2.24, 2.45) is 0 Å². The van der Waals surface area contributed by atoms with Gasteiger partial charge >= 0.3 is 5.97 Å². The number of hydrogen-bond donors (Lipinski definition) is 0. The van der Waals surface area contributed by atoms with E-state index in [9.17, 15) is 10.1 Å². The van der Waals surface area contributed by atoms with Gasteiger partial charge in [-0.1, -0.05) is 12.1 Å². The molecule has 2 atom stereocenters. The molecule has 7 nitrogen and oxygen atoms in total. The minimum Gasteiger partial charge on any atom is -0.497 e. The molecular formula is C22H23NO6. The number of ether oxygens (including phenoxy) is 5. The second kappa shape index (κ2) is 7.55. The number of rotatable bonds is 6. The smallest absolute Gasteiger partial charge is 0.308 e. The van der Waals surface area contributed by atoms with Gasteiger partial charge in [0.1, 0.15) is 11.8 Å². The summed E-state index contributed by atoms with van der Waals surface area (Å²) in [6.45, 7) is 1.84. The van der Waals surface area contributed by atoms with Crippen LogP contribution in [0.2, 0.25) is 0 Å². The van der Waals surface area contributed by atoms with Crippen LogP contribution in [0, 0.1) is 11.3 Å². The summed E-state index contributed by atoms with van der Waals surface area (Å²) < 4.78 is 27.2. The average Bonchev–Trinajstić information content (AvgIpc) is 3.03. The van der Waals surface area contributed by atoms with Gasteiger partial charge in [-0.25, -0.2) is 0 Å². The Morgan fingerprint density at radius 3 is 1.97 bits per heavy atom. The zero-order chi connectivity index (χ0) is 21.2. The molecule has 2 unspecified atom stereocenters. The van der Waals surface area contributed by atoms with Crippen molar-refractivity contribution in [3.63, 3.8) is 0 Å². The average molecular weight is 397 g/mol. The van der Waals surface area contributed by atoms with Crippen LogP contribution in [0.3, 0.4) is 0 Å². The maximum absolute atomic E-state index is 12.4. The Morgan fingerprint density at radius 2 is 1.52 bits per heavy atom. The van der Waals surface area contributed by atoms with E-state index in [1.54, 1.807) is 31.4 Å². The predicted octanol–water partition coefficient (Wildman–Crippen LogP) is 3.34. The third kappa shape index (κ3) is 3.01. The van der Waals surface area contributed by atoms with E-state index in [0.29, 0.717) is 28.6 Å². The minimum atomic E-state index is -1.58. The van der Waals surface area contributed by atoms with E-state index in [1.165, 1.54) is 21.3 Å². The van der Waals surface area contributed by atoms with Gasteiger partial charge in [0.2, 0.25) is 11.4 Å². The summed E-state index contributed by atoms with van der Waals surface area (Å²) in [6.07, 6.45) is 0.0452. The van der Waals surface area contributed by atoms with Crippen molar-refractivity contribution in [3.8, 4) is 29.1 Å². The summed E-state index contributed by atoms with van der Waals surface area (Å²) in [5.41, 5.74) is -1.31. The van der Waals surface area contributed by atoms with Crippen molar-refractivity contribution in [3.05, 3.63) is 47.5 Å². The van der Waals surface area contributed by atoms with Gasteiger partial charge in [0.05, 0.1) is 40.3 Å². The van der Waals surface area contributed by atoms with Crippen molar-refractivity contribution >= 4 is 5.97 Å². The van der Waals surface area contributed by atoms with E-state index < -0.39 is 17.0 Å². The third-order valence-corrected chi connectivity index (χ3v) is 5.50. The molecule has 0 radical (unpaired) electrons. The number of nitriles is 1. The lowest BCUT2D eigenvalue weighted by atomic mass is 9.66. The van der Waals surface area contributed by atoms with Crippen LogP contribution in [0.4, 0.5) is 0 Å². The van der Waals surface area contributed by atoms with Crippen LogP contribution in [0.15, 0.2) is 36.4 Å². The second-order valence-electron chi connectivity index (χ2n) is 6.92. The van der Waals surface area contributed by atoms with E-state index in [1.807, 2.05) is 19.1 Å². The van der Waals surface area contributed by atoms with E-state index in [4.69, 9.17) is 23.7 Å². The largest absolute Gasteiger partial charge is 0.497 e. The lowest BCUT2D eigenvalue weighted by Gasteiger charge is -2.36. The molecule has 0 amide bonds. The zero-order valence-corrected chi connectivity index (χ0v) is 17.1. The summed E-state index contributed by atoms with van der Waals surface area (Å²) in [4.78, 5) is 12.4. The number of esters is 1. The molecule has 1 aliphatic heterocycles. The van der Waals surface area contributed by atoms with Crippen LogP contribution >= 0.6 is 0 Å². The first-order chi connectivity index (χ1) is 13.9. The number of benzene rings is 2. The first kappa shape index (κ1) is 20.3. The Kier molecular flexibility index (Phi) is 5.29. The normalized spacial score (nSPS) is 23.1. The molecule has 0 spiro atoms. The van der Waals surface area contributed by atoms with E-state index in [-0.39, 0.29) is 6.42 Å². The highest BCUT2D eigenvalue weighted by atomic mass is 16.6. The quantitative estimate of drug-likeness (QED) is 0.691. The lowest BCUT2D eigenvalue weighted by molar-refractivity contribution is -0.146. The van der Waals surface area contributed by atoms with Crippen LogP contribution in [-0.4, -0.2) is 34.4 Å². The molecule has 0 N–H and O–H groups in total. The Morgan fingerprint density at radius 1 is 0.931 bits per heavy atom. The van der Waals surface area contributed by atoms with Gasteiger partial charge in [-0.15, -0.1) is 0 Å². The fourth-order valence-corrected chi connectivity index (χ4v) is 3.87. The summed E-state index contributed by atoms with van der Waals surface area (Å²) in [5.74, 6) is 1.35. The number of carbonyl (C=O) groups excluding carboxylic acids is 1. The van der Waals surface area contributed by atoms with Crippen LogP contribution in [-0.2, 0) is 20.5 Å².